The molecule has 2 aromatic heterocycles. The minimum atomic E-state index is -4.77. The summed E-state index contributed by atoms with van der Waals surface area (Å²) in [6.07, 6.45) is -1.67. The molecule has 3 heterocycles. The van der Waals surface area contributed by atoms with Crippen LogP contribution in [0.4, 0.5) is 18.9 Å². The van der Waals surface area contributed by atoms with Crippen molar-refractivity contribution >= 4 is 40.1 Å². The third-order valence-electron chi connectivity index (χ3n) is 4.31. The van der Waals surface area contributed by atoms with Crippen molar-refractivity contribution in [3.05, 3.63) is 52.6 Å². The van der Waals surface area contributed by atoms with Gasteiger partial charge in [0, 0.05) is 23.3 Å². The first-order valence-corrected chi connectivity index (χ1v) is 9.76. The van der Waals surface area contributed by atoms with Gasteiger partial charge in [0.05, 0.1) is 16.3 Å². The molecular weight excluding hydrogens is 427 g/mol. The fourth-order valence-corrected chi connectivity index (χ4v) is 4.35. The van der Waals surface area contributed by atoms with Gasteiger partial charge < -0.3 is 11.1 Å². The fraction of sp³-hybridized carbons (Fsp3) is 0.333. The van der Waals surface area contributed by atoms with Gasteiger partial charge in [-0.3, -0.25) is 9.78 Å². The summed E-state index contributed by atoms with van der Waals surface area (Å²) in [6, 6.07) is 3.71. The second kappa shape index (κ2) is 7.83. The lowest BCUT2D eigenvalue weighted by atomic mass is 9.91. The van der Waals surface area contributed by atoms with Crippen LogP contribution in [-0.4, -0.2) is 26.3 Å². The number of hydrogen-bond donors (Lipinski definition) is 2. The number of hydrogen-bond acceptors (Lipinski definition) is 6. The van der Waals surface area contributed by atoms with Gasteiger partial charge in [-0.15, -0.1) is 0 Å². The van der Waals surface area contributed by atoms with E-state index in [1.54, 1.807) is 6.07 Å². The number of thioether (sulfide) groups is 1. The molecule has 0 saturated heterocycles. The number of pyridine rings is 2. The van der Waals surface area contributed by atoms with Gasteiger partial charge >= 0.3 is 6.18 Å². The van der Waals surface area contributed by atoms with Crippen molar-refractivity contribution < 1.29 is 18.0 Å². The molecule has 3 N–H and O–H groups in total. The first-order chi connectivity index (χ1) is 13.5. The Balaban J connectivity index is 1.90. The SMILES string of the molecule is C[C@@H]1C[C@@](C)(c2cc(NC(=O)c3ncc(Cl)cc3C(F)(F)F)ccn2)N=C(N)S1. The topological polar surface area (TPSA) is 93.3 Å². The summed E-state index contributed by atoms with van der Waals surface area (Å²) in [4.78, 5) is 24.8. The van der Waals surface area contributed by atoms with Gasteiger partial charge in [-0.2, -0.15) is 13.2 Å². The second-order valence-corrected chi connectivity index (χ2v) is 8.68. The molecule has 2 atom stereocenters. The average molecular weight is 444 g/mol. The van der Waals surface area contributed by atoms with Crippen molar-refractivity contribution in [1.29, 1.82) is 0 Å². The van der Waals surface area contributed by atoms with Gasteiger partial charge in [-0.1, -0.05) is 30.3 Å². The Labute approximate surface area is 174 Å². The Hall–Kier alpha value is -2.33. The van der Waals surface area contributed by atoms with Crippen molar-refractivity contribution in [2.45, 2.75) is 37.2 Å². The predicted molar refractivity (Wildman–Crippen MR) is 107 cm³/mol. The van der Waals surface area contributed by atoms with Crippen molar-refractivity contribution in [1.82, 2.24) is 9.97 Å². The van der Waals surface area contributed by atoms with Crippen LogP contribution >= 0.6 is 23.4 Å². The van der Waals surface area contributed by atoms with Crippen LogP contribution in [0, 0.1) is 0 Å². The lowest BCUT2D eigenvalue weighted by Crippen LogP contribution is -2.33. The molecule has 0 aromatic carbocycles. The summed E-state index contributed by atoms with van der Waals surface area (Å²) in [5.74, 6) is -1.01. The Morgan fingerprint density at radius 1 is 1.38 bits per heavy atom. The molecule has 0 fully saturated rings. The van der Waals surface area contributed by atoms with E-state index in [4.69, 9.17) is 17.3 Å². The highest BCUT2D eigenvalue weighted by atomic mass is 35.5. The largest absolute Gasteiger partial charge is 0.418 e. The van der Waals surface area contributed by atoms with Crippen LogP contribution in [0.25, 0.3) is 0 Å². The maximum atomic E-state index is 13.2. The summed E-state index contributed by atoms with van der Waals surface area (Å²) in [5, 5.41) is 2.87. The zero-order valence-corrected chi connectivity index (χ0v) is 17.0. The molecule has 154 valence electrons. The lowest BCUT2D eigenvalue weighted by molar-refractivity contribution is -0.138. The first kappa shape index (κ1) is 21.4. The summed E-state index contributed by atoms with van der Waals surface area (Å²) in [6.45, 7) is 3.88. The molecule has 6 nitrogen and oxygen atoms in total. The van der Waals surface area contributed by atoms with Gasteiger partial charge in [0.1, 0.15) is 11.2 Å². The maximum absolute atomic E-state index is 13.2. The van der Waals surface area contributed by atoms with Crippen molar-refractivity contribution in [3.8, 4) is 0 Å². The average Bonchev–Trinajstić information content (AvgIpc) is 2.60. The van der Waals surface area contributed by atoms with E-state index >= 15 is 0 Å². The smallest absolute Gasteiger partial charge is 0.379 e. The number of amidine groups is 1. The highest BCUT2D eigenvalue weighted by Gasteiger charge is 2.37. The van der Waals surface area contributed by atoms with E-state index in [-0.39, 0.29) is 16.0 Å². The van der Waals surface area contributed by atoms with E-state index in [1.807, 2.05) is 13.8 Å². The minimum absolute atomic E-state index is 0.213. The Morgan fingerprint density at radius 2 is 2.10 bits per heavy atom. The predicted octanol–water partition coefficient (Wildman–Crippen LogP) is 4.46. The highest BCUT2D eigenvalue weighted by Crippen LogP contribution is 2.38. The number of nitrogens with two attached hydrogens (primary N) is 1. The van der Waals surface area contributed by atoms with Crippen LogP contribution in [0.15, 0.2) is 35.6 Å². The number of anilines is 1. The summed E-state index contributed by atoms with van der Waals surface area (Å²) in [7, 11) is 0. The number of aromatic nitrogens is 2. The van der Waals surface area contributed by atoms with Gasteiger partial charge in [0.25, 0.3) is 5.91 Å². The summed E-state index contributed by atoms with van der Waals surface area (Å²) >= 11 is 7.07. The number of alkyl halides is 3. The Bertz CT molecular complexity index is 984. The molecule has 0 radical (unpaired) electrons. The number of carbonyl (C=O) groups excluding carboxylic acids is 1. The number of halogens is 4. The quantitative estimate of drug-likeness (QED) is 0.730. The monoisotopic (exact) mass is 443 g/mol. The molecule has 1 aliphatic heterocycles. The van der Waals surface area contributed by atoms with Crippen LogP contribution < -0.4 is 11.1 Å². The zero-order valence-electron chi connectivity index (χ0n) is 15.4. The van der Waals surface area contributed by atoms with E-state index in [0.29, 0.717) is 23.3 Å². The van der Waals surface area contributed by atoms with Crippen LogP contribution in [0.5, 0.6) is 0 Å². The fourth-order valence-electron chi connectivity index (χ4n) is 3.11. The molecule has 0 aliphatic carbocycles. The number of nitrogens with zero attached hydrogens (tertiary/aromatic N) is 3. The van der Waals surface area contributed by atoms with Crippen molar-refractivity contribution in [2.24, 2.45) is 10.7 Å². The molecule has 11 heteroatoms. The third kappa shape index (κ3) is 4.81. The first-order valence-electron chi connectivity index (χ1n) is 8.50. The van der Waals surface area contributed by atoms with Crippen LogP contribution in [-0.2, 0) is 11.7 Å². The third-order valence-corrected chi connectivity index (χ3v) is 5.42. The van der Waals surface area contributed by atoms with Gasteiger partial charge in [-0.25, -0.2) is 9.98 Å². The van der Waals surface area contributed by atoms with E-state index in [2.05, 4.69) is 20.3 Å². The van der Waals surface area contributed by atoms with Crippen LogP contribution in [0.2, 0.25) is 5.02 Å². The highest BCUT2D eigenvalue weighted by molar-refractivity contribution is 8.14. The molecule has 29 heavy (non-hydrogen) atoms. The molecule has 0 bridgehead atoms. The van der Waals surface area contributed by atoms with E-state index < -0.39 is 28.9 Å². The van der Waals surface area contributed by atoms with Crippen molar-refractivity contribution in [2.75, 3.05) is 5.32 Å². The number of rotatable bonds is 3. The van der Waals surface area contributed by atoms with E-state index in [0.717, 1.165) is 6.20 Å². The number of aliphatic imine (C=N–C) groups is 1. The van der Waals surface area contributed by atoms with E-state index in [1.165, 1.54) is 24.0 Å². The zero-order chi connectivity index (χ0) is 21.4. The molecule has 0 spiro atoms. The second-order valence-electron chi connectivity index (χ2n) is 6.79. The molecular formula is C18H17ClF3N5OS. The van der Waals surface area contributed by atoms with Crippen LogP contribution in [0.1, 0.15) is 42.0 Å². The Morgan fingerprint density at radius 3 is 2.76 bits per heavy atom. The molecule has 0 saturated carbocycles. The summed E-state index contributed by atoms with van der Waals surface area (Å²) < 4.78 is 39.7. The van der Waals surface area contributed by atoms with Gasteiger partial charge in [0.15, 0.2) is 5.17 Å². The minimum Gasteiger partial charge on any atom is -0.379 e. The normalized spacial score (nSPS) is 22.1. The number of carbonyl (C=O) groups is 1. The number of nitrogens with one attached hydrogen (secondary N) is 1. The van der Waals surface area contributed by atoms with E-state index in [9.17, 15) is 18.0 Å². The molecule has 0 unspecified atom stereocenters. The number of amides is 1. The lowest BCUT2D eigenvalue weighted by Gasteiger charge is -2.32. The van der Waals surface area contributed by atoms with Crippen molar-refractivity contribution in [3.63, 3.8) is 0 Å². The molecule has 3 rings (SSSR count). The maximum Gasteiger partial charge on any atom is 0.418 e. The Kier molecular flexibility index (Phi) is 5.77. The van der Waals surface area contributed by atoms with Gasteiger partial charge in [0.2, 0.25) is 0 Å². The molecule has 1 amide bonds. The van der Waals surface area contributed by atoms with Gasteiger partial charge in [-0.05, 0) is 31.5 Å². The standard InChI is InChI=1S/C18H17ClF3N5OS/c1-9-7-17(2,27-16(23)29-9)13-6-11(3-4-24-13)26-15(28)14-12(18(20,21)22)5-10(19)8-25-14/h3-6,8-9H,7H2,1-2H3,(H2,23,27)(H,24,26,28)/t9-,17+/m1/s1. The molecule has 1 aliphatic rings. The summed E-state index contributed by atoms with van der Waals surface area (Å²) in [5.41, 5.74) is 4.03. The van der Waals surface area contributed by atoms with Crippen LogP contribution in [0.3, 0.4) is 0 Å². The molecule has 2 aromatic rings.